The first kappa shape index (κ1) is 118. The summed E-state index contributed by atoms with van der Waals surface area (Å²) in [6.07, 6.45) is 13.0. The Labute approximate surface area is 849 Å². The lowest BCUT2D eigenvalue weighted by molar-refractivity contribution is -0.231. The molecule has 0 radical (unpaired) electrons. The molecular formula is C97H121Cl2F6N19O22. The normalized spacial score (nSPS) is 18.1. The van der Waals surface area contributed by atoms with Crippen LogP contribution < -0.4 is 10.5 Å². The second-order valence-electron chi connectivity index (χ2n) is 36.5. The average Bonchev–Trinajstić information content (AvgIpc) is 1.65. The van der Waals surface area contributed by atoms with Crippen LogP contribution in [0.2, 0.25) is 5.15 Å². The number of aromatic nitrogens is 12. The van der Waals surface area contributed by atoms with Crippen LogP contribution in [0.4, 0.5) is 46.5 Å². The fraction of sp³-hybridized carbons (Fsp3) is 0.474. The molecule has 0 spiro atoms. The number of aryl methyl sites for hydroxylation is 6. The average molecular weight is 2090 g/mol. The highest BCUT2D eigenvalue weighted by atomic mass is 35.5. The number of ether oxygens (including phenoxy) is 7. The number of hydrogen-bond donors (Lipinski definition) is 3. The van der Waals surface area contributed by atoms with Crippen molar-refractivity contribution >= 4 is 95.5 Å². The lowest BCUT2D eigenvalue weighted by atomic mass is 10.0. The number of halogens is 8. The third kappa shape index (κ3) is 34.9. The van der Waals surface area contributed by atoms with E-state index in [1.807, 2.05) is 13.8 Å². The standard InChI is InChI=1S/C18H18FN5O3.C14H17FN2O4.C14H21FN2O4.C14H19FN2O3.C9H8ClN3O2.C9H11FN2O.C7H6FNO.C6H12N2.C6H8O4.ClH/c1-3-26-18(25)14-10-21-23-6-4-16(22-17(14)23)24-15(5-7-27-24)13-8-12(19)9-20-11(13)2;1-8-10(5-9(15)7-16-8)11-6-12(18)21-17(11)13(19)20-14(2,3)4;1-9-11(7-10(15)8-16-9)12(5-6-18)17(20)13(19)21-14(2,3)4;1-9-11(7-10(15)8-16-9)12-5-6-19-17(12)13(18)20-14(2,3)4;1-2-15-9(14)6-5-11-13-4-3-7(10)12-8(6)13;1-6-8(4-7(10)5-11-6)9-2-3-13-12-9;1-5-6(4-10)2-7(8)3-9-5;1-2-8-5-3-7(1)4-6-8;1-6(2)9-4(7)3-5(8)10-6;/h4,6,8-10,15H,3,5,7H2,1-2H3;5,7,11H,6H2,1-4H3;7-8,12,18,20H,5-6H2,1-4H3;7-8,12H,5-6H2,1-4H3;3-5H,2H2,1H3;4-5,9,12H,2-3H2,1H3;2-4H,1H3;1-6H2;3H2,1-2H3;1H. The van der Waals surface area contributed by atoms with Crippen molar-refractivity contribution in [2.45, 2.75) is 223 Å². The van der Waals surface area contributed by atoms with E-state index in [2.05, 4.69) is 74.8 Å². The Morgan fingerprint density at radius 2 is 0.966 bits per heavy atom. The van der Waals surface area contributed by atoms with Crippen molar-refractivity contribution in [3.05, 3.63) is 229 Å². The SMILES string of the molecule is C1CN2CCN1CC2.CC1(C)OC(=O)CC(=O)O1.CCOC(=O)c1cnn2ccc(Cl)nc12.CCOC(=O)c1cnn2ccc(N3OCCC3c3cc(F)cnc3C)nc12.Cc1ncc(F)cc1C(CCO)N(O)C(=O)OC(C)(C)C.Cc1ncc(F)cc1C1CC(=O)ON1C(=O)OC(C)(C)C.Cc1ncc(F)cc1C1CCON1.Cc1ncc(F)cc1C1CCON1C(=O)OC(C)(C)C.Cc1ncc(F)cc1C=O.Cl. The lowest BCUT2D eigenvalue weighted by Gasteiger charge is -2.41. The molecule has 8 aliphatic heterocycles. The predicted molar refractivity (Wildman–Crippen MR) is 512 cm³/mol. The van der Waals surface area contributed by atoms with E-state index < -0.39 is 112 Å². The van der Waals surface area contributed by atoms with Crippen molar-refractivity contribution in [2.24, 2.45) is 0 Å². The van der Waals surface area contributed by atoms with Crippen LogP contribution in [0.15, 0.2) is 110 Å². The van der Waals surface area contributed by atoms with Crippen LogP contribution >= 0.6 is 24.0 Å². The second-order valence-corrected chi connectivity index (χ2v) is 36.9. The van der Waals surface area contributed by atoms with Crippen LogP contribution in [-0.4, -0.2) is 250 Å². The highest BCUT2D eigenvalue weighted by Gasteiger charge is 2.43. The summed E-state index contributed by atoms with van der Waals surface area (Å²) in [7, 11) is 0. The summed E-state index contributed by atoms with van der Waals surface area (Å²) < 4.78 is 117. The summed E-state index contributed by atoms with van der Waals surface area (Å²) in [6, 6.07) is 9.09. The van der Waals surface area contributed by atoms with Crippen LogP contribution in [0.3, 0.4) is 0 Å². The molecule has 5 atom stereocenters. The van der Waals surface area contributed by atoms with Crippen LogP contribution in [-0.2, 0) is 66.9 Å². The quantitative estimate of drug-likeness (QED) is 0.0133. The summed E-state index contributed by atoms with van der Waals surface area (Å²) in [4.78, 5) is 161. The van der Waals surface area contributed by atoms with Gasteiger partial charge in [-0.25, -0.2) is 79.2 Å². The molecule has 8 fully saturated rings. The molecule has 18 rings (SSSR count). The maximum Gasteiger partial charge on any atom is 0.444 e. The zero-order valence-corrected chi connectivity index (χ0v) is 85.8. The van der Waals surface area contributed by atoms with Gasteiger partial charge >= 0.3 is 48.1 Å². The van der Waals surface area contributed by atoms with Gasteiger partial charge in [-0.3, -0.25) is 69.0 Å². The number of hydrogen-bond acceptors (Lipinski definition) is 36. The number of pyridine rings is 6. The molecule has 0 saturated carbocycles. The van der Waals surface area contributed by atoms with E-state index in [1.54, 1.807) is 133 Å². The number of carbonyl (C=O) groups excluding carboxylic acids is 9. The molecule has 0 aliphatic carbocycles. The highest BCUT2D eigenvalue weighted by molar-refractivity contribution is 6.29. The molecule has 5 unspecified atom stereocenters. The van der Waals surface area contributed by atoms with E-state index in [0.717, 1.165) is 64.9 Å². The van der Waals surface area contributed by atoms with E-state index in [0.29, 0.717) is 123 Å². The molecule has 10 aromatic rings. The molecule has 792 valence electrons. The van der Waals surface area contributed by atoms with Gasteiger partial charge in [-0.2, -0.15) is 25.8 Å². The smallest absolute Gasteiger partial charge is 0.444 e. The van der Waals surface area contributed by atoms with Gasteiger partial charge in [0.25, 0.3) is 5.79 Å². The molecule has 2 bridgehead atoms. The Morgan fingerprint density at radius 1 is 0.541 bits per heavy atom. The number of fused-ring (bicyclic) bond motifs is 5. The van der Waals surface area contributed by atoms with E-state index >= 15 is 0 Å². The molecule has 18 heterocycles. The summed E-state index contributed by atoms with van der Waals surface area (Å²) in [5.41, 5.74) is 9.19. The van der Waals surface area contributed by atoms with Crippen LogP contribution in [0.1, 0.15) is 252 Å². The molecule has 10 aromatic heterocycles. The molecule has 146 heavy (non-hydrogen) atoms. The number of rotatable bonds is 14. The van der Waals surface area contributed by atoms with Gasteiger partial charge in [0.2, 0.25) is 0 Å². The number of carbonyl (C=O) groups is 9. The van der Waals surface area contributed by atoms with Gasteiger partial charge in [-0.15, -0.1) is 17.5 Å². The first-order valence-electron chi connectivity index (χ1n) is 46.1. The summed E-state index contributed by atoms with van der Waals surface area (Å²) in [6.45, 7) is 42.1. The number of aliphatic hydroxyl groups excluding tert-OH is 1. The molecule has 3 N–H and O–H groups in total. The van der Waals surface area contributed by atoms with Crippen molar-refractivity contribution in [3.8, 4) is 0 Å². The largest absolute Gasteiger partial charge is 0.462 e. The molecule has 8 saturated heterocycles. The Balaban J connectivity index is 0.000000204. The molecule has 8 aliphatic rings. The number of nitrogens with one attached hydrogen (secondary N) is 1. The molecule has 0 aromatic carbocycles. The van der Waals surface area contributed by atoms with E-state index in [-0.39, 0.29) is 74.4 Å². The van der Waals surface area contributed by atoms with Crippen LogP contribution in [0, 0.1) is 76.4 Å². The van der Waals surface area contributed by atoms with Crippen molar-refractivity contribution in [2.75, 3.05) is 84.0 Å². The van der Waals surface area contributed by atoms with Gasteiger partial charge in [0.1, 0.15) is 80.4 Å². The van der Waals surface area contributed by atoms with E-state index in [9.17, 15) is 74.7 Å². The maximum absolute atomic E-state index is 13.7. The monoisotopic (exact) mass is 2090 g/mol. The van der Waals surface area contributed by atoms with E-state index in [4.69, 9.17) is 59.7 Å². The number of aliphatic hydroxyl groups is 1. The highest BCUT2D eigenvalue weighted by Crippen LogP contribution is 2.39. The number of aldehydes is 1. The third-order valence-electron chi connectivity index (χ3n) is 21.4. The number of amides is 3. The third-order valence-corrected chi connectivity index (χ3v) is 21.6. The second kappa shape index (κ2) is 53.6. The van der Waals surface area contributed by atoms with Crippen LogP contribution in [0.5, 0.6) is 0 Å². The van der Waals surface area contributed by atoms with Crippen molar-refractivity contribution in [1.29, 1.82) is 0 Å². The lowest BCUT2D eigenvalue weighted by Crippen LogP contribution is -2.55. The van der Waals surface area contributed by atoms with Gasteiger partial charge in [-0.05, 0) is 179 Å². The number of nitrogens with zero attached hydrogens (tertiary/aromatic N) is 18. The number of esters is 4. The van der Waals surface area contributed by atoms with Crippen molar-refractivity contribution in [3.63, 3.8) is 0 Å². The Hall–Kier alpha value is -13.4. The fourth-order valence-corrected chi connectivity index (χ4v) is 14.9. The molecule has 49 heteroatoms. The van der Waals surface area contributed by atoms with Crippen molar-refractivity contribution < 1.29 is 132 Å². The minimum atomic E-state index is -1.08. The Morgan fingerprint density at radius 3 is 1.42 bits per heavy atom. The van der Waals surface area contributed by atoms with Gasteiger partial charge in [-0.1, -0.05) is 11.6 Å². The minimum absolute atomic E-state index is 0. The molecule has 3 amide bonds. The summed E-state index contributed by atoms with van der Waals surface area (Å²) >= 11 is 5.72. The maximum atomic E-state index is 13.7. The Kier molecular flexibility index (Phi) is 43.3. The minimum Gasteiger partial charge on any atom is -0.462 e. The van der Waals surface area contributed by atoms with Crippen molar-refractivity contribution in [1.82, 2.24) is 89.6 Å². The topological polar surface area (TPSA) is 465 Å². The number of cyclic esters (lactones) is 2. The summed E-state index contributed by atoms with van der Waals surface area (Å²) in [5, 5.41) is 31.6. The number of piperazine rings is 3. The summed E-state index contributed by atoms with van der Waals surface area (Å²) in [5.74, 6) is -5.86. The zero-order chi connectivity index (χ0) is 107. The first-order chi connectivity index (χ1) is 68.4. The first-order valence-corrected chi connectivity index (χ1v) is 46.5. The van der Waals surface area contributed by atoms with Gasteiger partial charge in [0.15, 0.2) is 23.4 Å². The number of anilines is 1. The van der Waals surface area contributed by atoms with Crippen LogP contribution in [0.25, 0.3) is 11.3 Å². The fourth-order valence-electron chi connectivity index (χ4n) is 14.7. The number of hydroxylamine groups is 8. The van der Waals surface area contributed by atoms with Gasteiger partial charge in [0, 0.05) is 153 Å². The van der Waals surface area contributed by atoms with Gasteiger partial charge < -0.3 is 47.9 Å². The van der Waals surface area contributed by atoms with E-state index in [1.165, 1.54) is 122 Å². The predicted octanol–water partition coefficient (Wildman–Crippen LogP) is 15.7. The Bertz CT molecular complexity index is 6120. The zero-order valence-electron chi connectivity index (χ0n) is 84.2. The molecule has 41 nitrogen and oxygen atoms in total. The molecular weight excluding hydrogens is 1970 g/mol. The van der Waals surface area contributed by atoms with Gasteiger partial charge in [0.05, 0.1) is 113 Å².